The third-order valence-corrected chi connectivity index (χ3v) is 14.2. The summed E-state index contributed by atoms with van der Waals surface area (Å²) < 4.78 is 12.6. The van der Waals surface area contributed by atoms with Crippen LogP contribution in [0.1, 0.15) is 93.4 Å². The quantitative estimate of drug-likeness (QED) is 0.165. The molecule has 0 aromatic carbocycles. The molecule has 5 aliphatic rings. The summed E-state index contributed by atoms with van der Waals surface area (Å²) in [6.07, 6.45) is -1.78. The largest absolute Gasteiger partial charge is 0.394 e. The number of aliphatic hydroxyl groups is 7. The van der Waals surface area contributed by atoms with E-state index in [0.717, 1.165) is 24.8 Å². The summed E-state index contributed by atoms with van der Waals surface area (Å²) in [5.74, 6) is 0.210. The number of allylic oxidation sites excluding steroid dienone is 1. The molecule has 16 atom stereocenters. The molecule has 258 valence electrons. The third kappa shape index (κ3) is 5.41. The van der Waals surface area contributed by atoms with E-state index in [1.54, 1.807) is 0 Å². The highest BCUT2D eigenvalue weighted by Crippen LogP contribution is 2.76. The lowest BCUT2D eigenvalue weighted by Gasteiger charge is -2.72. The first-order chi connectivity index (χ1) is 20.8. The van der Waals surface area contributed by atoms with Gasteiger partial charge in [-0.1, -0.05) is 58.4 Å². The number of rotatable bonds is 7. The van der Waals surface area contributed by atoms with Crippen molar-refractivity contribution in [1.82, 2.24) is 0 Å². The van der Waals surface area contributed by atoms with Crippen molar-refractivity contribution in [3.05, 3.63) is 23.8 Å². The second-order valence-corrected chi connectivity index (χ2v) is 16.8. The maximum atomic E-state index is 12.0. The van der Waals surface area contributed by atoms with E-state index >= 15 is 0 Å². The van der Waals surface area contributed by atoms with E-state index in [0.29, 0.717) is 25.7 Å². The fraction of sp³-hybridized carbons (Fsp3) is 0.889. The zero-order valence-corrected chi connectivity index (χ0v) is 28.4. The van der Waals surface area contributed by atoms with Gasteiger partial charge in [-0.3, -0.25) is 0 Å². The first kappa shape index (κ1) is 35.4. The van der Waals surface area contributed by atoms with Gasteiger partial charge in [-0.15, -0.1) is 0 Å². The van der Waals surface area contributed by atoms with Gasteiger partial charge in [0.1, 0.15) is 24.4 Å². The Hall–Kier alpha value is -0.880. The molecule has 45 heavy (non-hydrogen) atoms. The summed E-state index contributed by atoms with van der Waals surface area (Å²) in [6.45, 7) is 18.4. The van der Waals surface area contributed by atoms with Gasteiger partial charge in [-0.05, 0) is 104 Å². The highest BCUT2D eigenvalue weighted by molar-refractivity contribution is 5.24. The summed E-state index contributed by atoms with van der Waals surface area (Å²) in [6, 6.07) is 0. The second-order valence-electron chi connectivity index (χ2n) is 16.8. The van der Waals surface area contributed by atoms with E-state index in [-0.39, 0.29) is 39.9 Å². The van der Waals surface area contributed by atoms with Crippen LogP contribution in [0.15, 0.2) is 23.8 Å². The Labute approximate surface area is 269 Å². The van der Waals surface area contributed by atoms with Gasteiger partial charge in [0.2, 0.25) is 0 Å². The van der Waals surface area contributed by atoms with Crippen LogP contribution in [0.3, 0.4) is 0 Å². The fourth-order valence-electron chi connectivity index (χ4n) is 11.5. The molecule has 0 radical (unpaired) electrons. The maximum Gasteiger partial charge on any atom is 0.186 e. The molecule has 0 aromatic rings. The highest BCUT2D eigenvalue weighted by Gasteiger charge is 2.72. The summed E-state index contributed by atoms with van der Waals surface area (Å²) in [5.41, 5.74) is 0.564. The lowest BCUT2D eigenvalue weighted by molar-refractivity contribution is -0.346. The van der Waals surface area contributed by atoms with Gasteiger partial charge in [-0.25, -0.2) is 0 Å². The number of fused-ring (bicyclic) bond motifs is 5. The molecule has 0 amide bonds. The normalized spacial score (nSPS) is 52.0. The third-order valence-electron chi connectivity index (χ3n) is 14.2. The van der Waals surface area contributed by atoms with Gasteiger partial charge in [0.05, 0.1) is 31.0 Å². The molecule has 4 aliphatic carbocycles. The van der Waals surface area contributed by atoms with Gasteiger partial charge < -0.3 is 45.2 Å². The SMILES string of the molecule is C=C(C)C(O)C/C=C(/C)[C@H]1CC[C@]2(C)[C@@H]1[C@H](O)C[C@@H]1[C@@]3(C)CC[C@H](O)C(C)(C)[C@@H]3[C@@H](O[C@@H]3O[C@H](CO)[C@@H](O)[C@H](O)[C@H]3O)C[C@]12C. The molecular weight excluding hydrogens is 576 g/mol. The minimum absolute atomic E-state index is 0.0206. The van der Waals surface area contributed by atoms with Crippen LogP contribution in [0.25, 0.3) is 0 Å². The van der Waals surface area contributed by atoms with Crippen LogP contribution >= 0.6 is 0 Å². The first-order valence-corrected chi connectivity index (χ1v) is 17.2. The van der Waals surface area contributed by atoms with Crippen molar-refractivity contribution in [1.29, 1.82) is 0 Å². The van der Waals surface area contributed by atoms with Crippen molar-refractivity contribution in [2.45, 2.75) is 149 Å². The topological polar surface area (TPSA) is 160 Å². The average Bonchev–Trinajstić information content (AvgIpc) is 3.35. The minimum Gasteiger partial charge on any atom is -0.394 e. The number of hydrogen-bond acceptors (Lipinski definition) is 9. The van der Waals surface area contributed by atoms with Gasteiger partial charge in [-0.2, -0.15) is 0 Å². The Morgan fingerprint density at radius 1 is 0.956 bits per heavy atom. The van der Waals surface area contributed by atoms with Crippen LogP contribution in [0.2, 0.25) is 0 Å². The zero-order chi connectivity index (χ0) is 33.4. The average molecular weight is 637 g/mol. The molecule has 0 aromatic heterocycles. The fourth-order valence-corrected chi connectivity index (χ4v) is 11.5. The molecule has 0 spiro atoms. The molecule has 5 fully saturated rings. The molecule has 4 saturated carbocycles. The smallest absolute Gasteiger partial charge is 0.186 e. The van der Waals surface area contributed by atoms with Crippen molar-refractivity contribution >= 4 is 0 Å². The van der Waals surface area contributed by atoms with Crippen LogP contribution in [-0.4, -0.2) is 97.5 Å². The molecule has 9 heteroatoms. The lowest BCUT2D eigenvalue weighted by atomic mass is 9.34. The van der Waals surface area contributed by atoms with E-state index in [1.807, 2.05) is 6.92 Å². The second kappa shape index (κ2) is 12.2. The Bertz CT molecular complexity index is 1140. The summed E-state index contributed by atoms with van der Waals surface area (Å²) in [4.78, 5) is 0. The number of ether oxygens (including phenoxy) is 2. The van der Waals surface area contributed by atoms with E-state index < -0.39 is 67.1 Å². The van der Waals surface area contributed by atoms with Crippen molar-refractivity contribution in [3.8, 4) is 0 Å². The predicted octanol–water partition coefficient (Wildman–Crippen LogP) is 3.07. The van der Waals surface area contributed by atoms with Crippen molar-refractivity contribution < 1.29 is 45.2 Å². The van der Waals surface area contributed by atoms with Gasteiger partial charge >= 0.3 is 0 Å². The molecule has 9 nitrogen and oxygen atoms in total. The standard InChI is InChI=1S/C36H60O9/c1-18(2)21(38)10-9-19(3)20-11-14-35(7)27(20)22(39)15-25-34(6)13-12-26(40)33(4,5)31(34)23(16-36(25,35)8)44-32-30(43)29(42)28(41)24(17-37)45-32/h9,20-32,37-43H,1,10-17H2,2-8H3/b19-9-/t20-,21?,22-,23+,24-,25-,26+,27+,28-,29+,30-,31+,32-,34-,35-,36-/m1/s1. The van der Waals surface area contributed by atoms with Gasteiger partial charge in [0.15, 0.2) is 6.29 Å². The Morgan fingerprint density at radius 2 is 1.62 bits per heavy atom. The molecule has 1 saturated heterocycles. The molecule has 7 N–H and O–H groups in total. The summed E-state index contributed by atoms with van der Waals surface area (Å²) in [5, 5.41) is 75.6. The molecular formula is C36H60O9. The summed E-state index contributed by atoms with van der Waals surface area (Å²) in [7, 11) is 0. The molecule has 5 rings (SSSR count). The Balaban J connectivity index is 1.54. The molecule has 1 heterocycles. The van der Waals surface area contributed by atoms with Crippen LogP contribution in [0.4, 0.5) is 0 Å². The molecule has 0 bridgehead atoms. The van der Waals surface area contributed by atoms with Crippen molar-refractivity contribution in [2.24, 2.45) is 45.3 Å². The highest BCUT2D eigenvalue weighted by atomic mass is 16.7. The number of aliphatic hydroxyl groups excluding tert-OH is 7. The summed E-state index contributed by atoms with van der Waals surface area (Å²) >= 11 is 0. The van der Waals surface area contributed by atoms with Crippen LogP contribution < -0.4 is 0 Å². The molecule has 1 unspecified atom stereocenters. The number of hydrogen-bond donors (Lipinski definition) is 7. The van der Waals surface area contributed by atoms with E-state index in [2.05, 4.69) is 54.2 Å². The van der Waals surface area contributed by atoms with Crippen LogP contribution in [-0.2, 0) is 9.47 Å². The molecule has 1 aliphatic heterocycles. The van der Waals surface area contributed by atoms with E-state index in [1.165, 1.54) is 5.57 Å². The van der Waals surface area contributed by atoms with Crippen LogP contribution in [0.5, 0.6) is 0 Å². The van der Waals surface area contributed by atoms with Crippen LogP contribution in [0, 0.1) is 45.3 Å². The van der Waals surface area contributed by atoms with Gasteiger partial charge in [0, 0.05) is 0 Å². The first-order valence-electron chi connectivity index (χ1n) is 17.2. The van der Waals surface area contributed by atoms with Gasteiger partial charge in [0.25, 0.3) is 0 Å². The zero-order valence-electron chi connectivity index (χ0n) is 28.4. The van der Waals surface area contributed by atoms with Crippen molar-refractivity contribution in [3.63, 3.8) is 0 Å². The van der Waals surface area contributed by atoms with E-state index in [9.17, 15) is 35.7 Å². The van der Waals surface area contributed by atoms with Crippen molar-refractivity contribution in [2.75, 3.05) is 6.61 Å². The Kier molecular flexibility index (Phi) is 9.62. The predicted molar refractivity (Wildman–Crippen MR) is 170 cm³/mol. The minimum atomic E-state index is -1.54. The Morgan fingerprint density at radius 3 is 2.24 bits per heavy atom. The van der Waals surface area contributed by atoms with E-state index in [4.69, 9.17) is 9.47 Å². The monoisotopic (exact) mass is 636 g/mol. The maximum absolute atomic E-state index is 12.0. The lowest BCUT2D eigenvalue weighted by Crippen LogP contribution is -2.70.